The van der Waals surface area contributed by atoms with Gasteiger partial charge in [0.25, 0.3) is 0 Å². The fraction of sp³-hybridized carbons (Fsp3) is 0.462. The van der Waals surface area contributed by atoms with Gasteiger partial charge in [0.05, 0.1) is 11.1 Å². The van der Waals surface area contributed by atoms with Crippen LogP contribution in [0.25, 0.3) is 0 Å². The van der Waals surface area contributed by atoms with Crippen LogP contribution in [0.15, 0.2) is 12.3 Å². The van der Waals surface area contributed by atoms with Gasteiger partial charge in [-0.25, -0.2) is 4.79 Å². The normalized spacial score (nSPS) is 16.4. The van der Waals surface area contributed by atoms with Gasteiger partial charge in [0.1, 0.15) is 6.07 Å². The van der Waals surface area contributed by atoms with Crippen LogP contribution in [0.5, 0.6) is 0 Å². The molecule has 1 saturated carbocycles. The molecule has 0 unspecified atom stereocenters. The summed E-state index contributed by atoms with van der Waals surface area (Å²) in [6.07, 6.45) is 7.12. The number of pyridine rings is 1. The first kappa shape index (κ1) is 11.6. The Bertz CT molecular complexity index is 471. The maximum absolute atomic E-state index is 11.0. The molecule has 1 aliphatic carbocycles. The maximum atomic E-state index is 11.0. The number of carboxylic acids is 1. The van der Waals surface area contributed by atoms with E-state index in [1.807, 2.05) is 6.07 Å². The van der Waals surface area contributed by atoms with Gasteiger partial charge >= 0.3 is 5.97 Å². The fourth-order valence-electron chi connectivity index (χ4n) is 2.36. The van der Waals surface area contributed by atoms with Crippen molar-refractivity contribution in [2.75, 3.05) is 0 Å². The first-order valence-electron chi connectivity index (χ1n) is 5.85. The number of aromatic carboxylic acids is 1. The van der Waals surface area contributed by atoms with Crippen molar-refractivity contribution in [3.8, 4) is 6.07 Å². The highest BCUT2D eigenvalue weighted by molar-refractivity contribution is 5.90. The number of rotatable bonds is 2. The van der Waals surface area contributed by atoms with Gasteiger partial charge in [-0.15, -0.1) is 0 Å². The third-order valence-corrected chi connectivity index (χ3v) is 3.30. The lowest BCUT2D eigenvalue weighted by Crippen LogP contribution is -2.09. The molecule has 1 fully saturated rings. The van der Waals surface area contributed by atoms with E-state index in [4.69, 9.17) is 10.4 Å². The summed E-state index contributed by atoms with van der Waals surface area (Å²) in [5, 5.41) is 17.9. The Balaban J connectivity index is 2.33. The van der Waals surface area contributed by atoms with Gasteiger partial charge < -0.3 is 5.11 Å². The molecule has 1 aliphatic rings. The molecule has 4 heteroatoms. The number of carbonyl (C=O) groups is 1. The smallest absolute Gasteiger partial charge is 0.337 e. The first-order chi connectivity index (χ1) is 8.22. The number of carboxylic acid groups (broad SMARTS) is 1. The fourth-order valence-corrected chi connectivity index (χ4v) is 2.36. The van der Waals surface area contributed by atoms with Gasteiger partial charge in [-0.1, -0.05) is 19.3 Å². The molecule has 0 aliphatic heterocycles. The SMILES string of the molecule is N#Cc1cnc(C2CCCCC2)cc1C(=O)O. The number of nitrogens with zero attached hydrogens (tertiary/aromatic N) is 2. The highest BCUT2D eigenvalue weighted by Gasteiger charge is 2.19. The average molecular weight is 230 g/mol. The molecule has 0 spiro atoms. The topological polar surface area (TPSA) is 74.0 Å². The Morgan fingerprint density at radius 3 is 2.71 bits per heavy atom. The highest BCUT2D eigenvalue weighted by atomic mass is 16.4. The molecule has 88 valence electrons. The van der Waals surface area contributed by atoms with E-state index in [1.165, 1.54) is 25.5 Å². The Kier molecular flexibility index (Phi) is 3.38. The first-order valence-corrected chi connectivity index (χ1v) is 5.85. The molecule has 0 bridgehead atoms. The molecule has 1 heterocycles. The molecule has 17 heavy (non-hydrogen) atoms. The van der Waals surface area contributed by atoms with Crippen molar-refractivity contribution in [2.45, 2.75) is 38.0 Å². The summed E-state index contributed by atoms with van der Waals surface area (Å²) in [6, 6.07) is 3.43. The molecule has 0 saturated heterocycles. The van der Waals surface area contributed by atoms with Crippen LogP contribution in [-0.4, -0.2) is 16.1 Å². The van der Waals surface area contributed by atoms with Crippen molar-refractivity contribution >= 4 is 5.97 Å². The molecule has 4 nitrogen and oxygen atoms in total. The Morgan fingerprint density at radius 1 is 1.41 bits per heavy atom. The zero-order valence-corrected chi connectivity index (χ0v) is 9.52. The molecule has 2 rings (SSSR count). The van der Waals surface area contributed by atoms with E-state index in [2.05, 4.69) is 4.98 Å². The van der Waals surface area contributed by atoms with E-state index in [1.54, 1.807) is 6.07 Å². The summed E-state index contributed by atoms with van der Waals surface area (Å²) in [4.78, 5) is 15.3. The molecule has 0 aromatic carbocycles. The maximum Gasteiger partial charge on any atom is 0.337 e. The molecular formula is C13H14N2O2. The molecule has 1 aromatic rings. The summed E-state index contributed by atoms with van der Waals surface area (Å²) >= 11 is 0. The zero-order chi connectivity index (χ0) is 12.3. The molecular weight excluding hydrogens is 216 g/mol. The van der Waals surface area contributed by atoms with Crippen molar-refractivity contribution in [3.05, 3.63) is 29.1 Å². The lowest BCUT2D eigenvalue weighted by Gasteiger charge is -2.21. The van der Waals surface area contributed by atoms with E-state index in [9.17, 15) is 4.79 Å². The van der Waals surface area contributed by atoms with Gasteiger partial charge in [0.15, 0.2) is 0 Å². The summed E-state index contributed by atoms with van der Waals surface area (Å²) in [5.41, 5.74) is 1.03. The van der Waals surface area contributed by atoms with Crippen LogP contribution in [-0.2, 0) is 0 Å². The van der Waals surface area contributed by atoms with Gasteiger partial charge in [0, 0.05) is 17.8 Å². The molecule has 0 amide bonds. The van der Waals surface area contributed by atoms with Crippen molar-refractivity contribution in [1.82, 2.24) is 4.98 Å². The Labute approximate surface area is 99.9 Å². The third kappa shape index (κ3) is 2.44. The predicted octanol–water partition coefficient (Wildman–Crippen LogP) is 2.70. The van der Waals surface area contributed by atoms with Crippen LogP contribution in [0, 0.1) is 11.3 Å². The van der Waals surface area contributed by atoms with Gasteiger partial charge in [-0.05, 0) is 18.9 Å². The van der Waals surface area contributed by atoms with Gasteiger partial charge in [-0.2, -0.15) is 5.26 Å². The Hall–Kier alpha value is -1.89. The van der Waals surface area contributed by atoms with Crippen molar-refractivity contribution in [2.24, 2.45) is 0 Å². The van der Waals surface area contributed by atoms with Crippen LogP contribution in [0.4, 0.5) is 0 Å². The van der Waals surface area contributed by atoms with E-state index >= 15 is 0 Å². The summed E-state index contributed by atoms with van der Waals surface area (Å²) < 4.78 is 0. The molecule has 1 N–H and O–H groups in total. The molecule has 0 atom stereocenters. The Morgan fingerprint density at radius 2 is 2.12 bits per heavy atom. The van der Waals surface area contributed by atoms with Crippen LogP contribution in [0.2, 0.25) is 0 Å². The highest BCUT2D eigenvalue weighted by Crippen LogP contribution is 2.32. The second-order valence-corrected chi connectivity index (χ2v) is 4.41. The van der Waals surface area contributed by atoms with Crippen molar-refractivity contribution < 1.29 is 9.90 Å². The summed E-state index contributed by atoms with van der Waals surface area (Å²) in [5.74, 6) is -0.699. The van der Waals surface area contributed by atoms with Gasteiger partial charge in [-0.3, -0.25) is 4.98 Å². The van der Waals surface area contributed by atoms with E-state index in [0.717, 1.165) is 18.5 Å². The van der Waals surface area contributed by atoms with E-state index < -0.39 is 5.97 Å². The number of nitriles is 1. The van der Waals surface area contributed by atoms with E-state index in [0.29, 0.717) is 5.92 Å². The lowest BCUT2D eigenvalue weighted by atomic mass is 9.86. The monoisotopic (exact) mass is 230 g/mol. The number of hydrogen-bond acceptors (Lipinski definition) is 3. The van der Waals surface area contributed by atoms with Crippen molar-refractivity contribution in [3.63, 3.8) is 0 Å². The largest absolute Gasteiger partial charge is 0.478 e. The van der Waals surface area contributed by atoms with Crippen LogP contribution < -0.4 is 0 Å². The van der Waals surface area contributed by atoms with Crippen molar-refractivity contribution in [1.29, 1.82) is 5.26 Å². The van der Waals surface area contributed by atoms with E-state index in [-0.39, 0.29) is 11.1 Å². The van der Waals surface area contributed by atoms with Gasteiger partial charge in [0.2, 0.25) is 0 Å². The summed E-state index contributed by atoms with van der Waals surface area (Å²) in [7, 11) is 0. The van der Waals surface area contributed by atoms with Crippen LogP contribution in [0.3, 0.4) is 0 Å². The summed E-state index contributed by atoms with van der Waals surface area (Å²) in [6.45, 7) is 0. The second-order valence-electron chi connectivity index (χ2n) is 4.41. The second kappa shape index (κ2) is 4.96. The standard InChI is InChI=1S/C13H14N2O2/c14-7-10-8-15-12(6-11(10)13(16)17)9-4-2-1-3-5-9/h6,8-9H,1-5H2,(H,16,17). The number of aromatic nitrogens is 1. The lowest BCUT2D eigenvalue weighted by molar-refractivity contribution is 0.0696. The van der Waals surface area contributed by atoms with Crippen LogP contribution >= 0.6 is 0 Å². The minimum absolute atomic E-state index is 0.0723. The van der Waals surface area contributed by atoms with Crippen LogP contribution in [0.1, 0.15) is 59.6 Å². The molecule has 0 radical (unpaired) electrons. The number of hydrogen-bond donors (Lipinski definition) is 1. The zero-order valence-electron chi connectivity index (χ0n) is 9.52. The minimum atomic E-state index is -1.05. The average Bonchev–Trinajstić information content (AvgIpc) is 2.39. The minimum Gasteiger partial charge on any atom is -0.478 e. The predicted molar refractivity (Wildman–Crippen MR) is 61.7 cm³/mol. The quantitative estimate of drug-likeness (QED) is 0.847. The third-order valence-electron chi connectivity index (χ3n) is 3.30. The molecule has 1 aromatic heterocycles.